The van der Waals surface area contributed by atoms with Crippen molar-refractivity contribution in [2.45, 2.75) is 19.3 Å². The predicted octanol–water partition coefficient (Wildman–Crippen LogP) is 2.27. The summed E-state index contributed by atoms with van der Waals surface area (Å²) in [5.41, 5.74) is 1.54. The highest BCUT2D eigenvalue weighted by molar-refractivity contribution is 5.87. The summed E-state index contributed by atoms with van der Waals surface area (Å²) in [5.74, 6) is -0.176. The minimum absolute atomic E-state index is 0.395. The van der Waals surface area contributed by atoms with E-state index in [4.69, 9.17) is 5.11 Å². The highest BCUT2D eigenvalue weighted by Crippen LogP contribution is 2.20. The fourth-order valence-electron chi connectivity index (χ4n) is 2.60. The van der Waals surface area contributed by atoms with Crippen LogP contribution < -0.4 is 0 Å². The summed E-state index contributed by atoms with van der Waals surface area (Å²) in [6.45, 7) is 2.31. The Morgan fingerprint density at radius 3 is 3.06 bits per heavy atom. The SMILES string of the molecule is CN1CCCC(Cc2cccc(C(=O)O)c2)C1. The Kier molecular flexibility index (Phi) is 3.79. The lowest BCUT2D eigenvalue weighted by Crippen LogP contribution is -2.32. The van der Waals surface area contributed by atoms with Crippen LogP contribution in [0.25, 0.3) is 0 Å². The maximum Gasteiger partial charge on any atom is 0.335 e. The Hall–Kier alpha value is -1.35. The summed E-state index contributed by atoms with van der Waals surface area (Å²) in [5, 5.41) is 8.95. The zero-order chi connectivity index (χ0) is 12.3. The van der Waals surface area contributed by atoms with Gasteiger partial charge in [0, 0.05) is 6.54 Å². The van der Waals surface area contributed by atoms with E-state index in [0.29, 0.717) is 11.5 Å². The van der Waals surface area contributed by atoms with Crippen molar-refractivity contribution in [1.29, 1.82) is 0 Å². The van der Waals surface area contributed by atoms with E-state index in [0.717, 1.165) is 18.5 Å². The number of carboxylic acid groups (broad SMARTS) is 1. The monoisotopic (exact) mass is 233 g/mol. The number of hydrogen-bond donors (Lipinski definition) is 1. The van der Waals surface area contributed by atoms with Crippen LogP contribution >= 0.6 is 0 Å². The predicted molar refractivity (Wildman–Crippen MR) is 67.3 cm³/mol. The first-order chi connectivity index (χ1) is 8.15. The molecule has 0 saturated carbocycles. The molecule has 0 aliphatic carbocycles. The second-order valence-electron chi connectivity index (χ2n) is 4.98. The number of nitrogens with zero attached hydrogens (tertiary/aromatic N) is 1. The molecule has 1 aromatic rings. The van der Waals surface area contributed by atoms with E-state index in [1.54, 1.807) is 12.1 Å². The Labute approximate surface area is 102 Å². The molecule has 1 atom stereocenters. The van der Waals surface area contributed by atoms with Gasteiger partial charge >= 0.3 is 5.97 Å². The van der Waals surface area contributed by atoms with E-state index >= 15 is 0 Å². The molecule has 1 fully saturated rings. The Balaban J connectivity index is 2.02. The van der Waals surface area contributed by atoms with Crippen LogP contribution in [0.15, 0.2) is 24.3 Å². The molecule has 1 heterocycles. The average Bonchev–Trinajstić information content (AvgIpc) is 2.29. The summed E-state index contributed by atoms with van der Waals surface area (Å²) in [6.07, 6.45) is 3.49. The summed E-state index contributed by atoms with van der Waals surface area (Å²) in [7, 11) is 2.15. The summed E-state index contributed by atoms with van der Waals surface area (Å²) in [4.78, 5) is 13.2. The lowest BCUT2D eigenvalue weighted by molar-refractivity contribution is 0.0696. The molecule has 3 heteroatoms. The fourth-order valence-corrected chi connectivity index (χ4v) is 2.60. The number of carbonyl (C=O) groups is 1. The van der Waals surface area contributed by atoms with Crippen LogP contribution in [0.5, 0.6) is 0 Å². The molecule has 0 bridgehead atoms. The molecule has 1 N–H and O–H groups in total. The van der Waals surface area contributed by atoms with Gasteiger partial charge in [-0.1, -0.05) is 12.1 Å². The van der Waals surface area contributed by atoms with Crippen molar-refractivity contribution in [2.75, 3.05) is 20.1 Å². The van der Waals surface area contributed by atoms with Gasteiger partial charge < -0.3 is 10.0 Å². The maximum atomic E-state index is 10.9. The number of hydrogen-bond acceptors (Lipinski definition) is 2. The zero-order valence-electron chi connectivity index (χ0n) is 10.2. The molecule has 1 aliphatic heterocycles. The minimum Gasteiger partial charge on any atom is -0.478 e. The molecule has 1 aliphatic rings. The molecule has 0 radical (unpaired) electrons. The lowest BCUT2D eigenvalue weighted by atomic mass is 9.91. The van der Waals surface area contributed by atoms with Gasteiger partial charge in [-0.3, -0.25) is 0 Å². The normalized spacial score (nSPS) is 21.4. The number of rotatable bonds is 3. The molecule has 3 nitrogen and oxygen atoms in total. The molecule has 2 rings (SSSR count). The highest BCUT2D eigenvalue weighted by Gasteiger charge is 2.17. The highest BCUT2D eigenvalue weighted by atomic mass is 16.4. The fraction of sp³-hybridized carbons (Fsp3) is 0.500. The molecule has 1 unspecified atom stereocenters. The van der Waals surface area contributed by atoms with E-state index < -0.39 is 5.97 Å². The van der Waals surface area contributed by atoms with Crippen molar-refractivity contribution in [3.05, 3.63) is 35.4 Å². The minimum atomic E-state index is -0.840. The molecule has 0 amide bonds. The quantitative estimate of drug-likeness (QED) is 0.870. The van der Waals surface area contributed by atoms with Gasteiger partial charge in [-0.15, -0.1) is 0 Å². The number of aromatic carboxylic acids is 1. The number of likely N-dealkylation sites (tertiary alicyclic amines) is 1. The first-order valence-corrected chi connectivity index (χ1v) is 6.16. The third kappa shape index (κ3) is 3.30. The maximum absolute atomic E-state index is 10.9. The third-order valence-electron chi connectivity index (χ3n) is 3.42. The van der Waals surface area contributed by atoms with Gasteiger partial charge in [-0.2, -0.15) is 0 Å². The van der Waals surface area contributed by atoms with Crippen molar-refractivity contribution in [2.24, 2.45) is 5.92 Å². The van der Waals surface area contributed by atoms with E-state index in [-0.39, 0.29) is 0 Å². The smallest absolute Gasteiger partial charge is 0.335 e. The Bertz CT molecular complexity index is 403. The van der Waals surface area contributed by atoms with E-state index in [1.165, 1.54) is 19.4 Å². The number of piperidine rings is 1. The molecule has 17 heavy (non-hydrogen) atoms. The van der Waals surface area contributed by atoms with Crippen LogP contribution in [0.4, 0.5) is 0 Å². The van der Waals surface area contributed by atoms with Crippen molar-refractivity contribution in [3.8, 4) is 0 Å². The Morgan fingerprint density at radius 2 is 2.35 bits per heavy atom. The Morgan fingerprint density at radius 1 is 1.53 bits per heavy atom. The molecular formula is C14H19NO2. The van der Waals surface area contributed by atoms with Crippen LogP contribution in [0.1, 0.15) is 28.8 Å². The lowest BCUT2D eigenvalue weighted by Gasteiger charge is -2.29. The molecule has 0 spiro atoms. The van der Waals surface area contributed by atoms with Crippen LogP contribution in [0.3, 0.4) is 0 Å². The van der Waals surface area contributed by atoms with Gasteiger partial charge in [-0.25, -0.2) is 4.79 Å². The number of carboxylic acids is 1. The second-order valence-corrected chi connectivity index (χ2v) is 4.98. The van der Waals surface area contributed by atoms with E-state index in [1.807, 2.05) is 12.1 Å². The molecule has 92 valence electrons. The van der Waals surface area contributed by atoms with Crippen molar-refractivity contribution in [1.82, 2.24) is 4.90 Å². The van der Waals surface area contributed by atoms with Crippen LogP contribution in [-0.2, 0) is 6.42 Å². The molecule has 1 aromatic carbocycles. The third-order valence-corrected chi connectivity index (χ3v) is 3.42. The van der Waals surface area contributed by atoms with Crippen LogP contribution in [0.2, 0.25) is 0 Å². The van der Waals surface area contributed by atoms with Crippen molar-refractivity contribution < 1.29 is 9.90 Å². The summed E-state index contributed by atoms with van der Waals surface area (Å²) in [6, 6.07) is 7.32. The number of benzene rings is 1. The van der Waals surface area contributed by atoms with Crippen molar-refractivity contribution >= 4 is 5.97 Å². The van der Waals surface area contributed by atoms with E-state index in [9.17, 15) is 4.79 Å². The topological polar surface area (TPSA) is 40.5 Å². The first-order valence-electron chi connectivity index (χ1n) is 6.16. The molecule has 1 saturated heterocycles. The van der Waals surface area contributed by atoms with Gasteiger partial charge in [0.2, 0.25) is 0 Å². The van der Waals surface area contributed by atoms with Gasteiger partial charge in [0.25, 0.3) is 0 Å². The zero-order valence-corrected chi connectivity index (χ0v) is 10.2. The van der Waals surface area contributed by atoms with Crippen LogP contribution in [0, 0.1) is 5.92 Å². The molecular weight excluding hydrogens is 214 g/mol. The van der Waals surface area contributed by atoms with Crippen LogP contribution in [-0.4, -0.2) is 36.1 Å². The van der Waals surface area contributed by atoms with Gasteiger partial charge in [0.05, 0.1) is 5.56 Å². The second kappa shape index (κ2) is 5.32. The average molecular weight is 233 g/mol. The standard InChI is InChI=1S/C14H19NO2/c1-15-7-3-5-12(10-15)8-11-4-2-6-13(9-11)14(16)17/h2,4,6,9,12H,3,5,7-8,10H2,1H3,(H,16,17). The summed E-state index contributed by atoms with van der Waals surface area (Å²) >= 11 is 0. The van der Waals surface area contributed by atoms with Gasteiger partial charge in [-0.05, 0) is 56.5 Å². The van der Waals surface area contributed by atoms with Gasteiger partial charge in [0.1, 0.15) is 0 Å². The molecule has 0 aromatic heterocycles. The summed E-state index contributed by atoms with van der Waals surface area (Å²) < 4.78 is 0. The van der Waals surface area contributed by atoms with Gasteiger partial charge in [0.15, 0.2) is 0 Å². The largest absolute Gasteiger partial charge is 0.478 e. The van der Waals surface area contributed by atoms with Crippen molar-refractivity contribution in [3.63, 3.8) is 0 Å². The first kappa shape index (κ1) is 12.1. The van der Waals surface area contributed by atoms with E-state index in [2.05, 4.69) is 11.9 Å².